The van der Waals surface area contributed by atoms with E-state index in [1.165, 1.54) is 0 Å². The van der Waals surface area contributed by atoms with Crippen LogP contribution in [0.25, 0.3) is 6.08 Å². The Bertz CT molecular complexity index is 707. The zero-order valence-corrected chi connectivity index (χ0v) is 16.3. The lowest BCUT2D eigenvalue weighted by molar-refractivity contribution is -0.138. The lowest BCUT2D eigenvalue weighted by Crippen LogP contribution is -2.50. The summed E-state index contributed by atoms with van der Waals surface area (Å²) in [4.78, 5) is 14.5. The smallest absolute Gasteiger partial charge is 0.360 e. The van der Waals surface area contributed by atoms with Crippen LogP contribution in [-0.4, -0.2) is 38.1 Å². The number of para-hydroxylation sites is 1. The van der Waals surface area contributed by atoms with E-state index < -0.39 is 18.8 Å². The number of hydrogen-bond donors (Lipinski definition) is 0. The Labute approximate surface area is 149 Å². The van der Waals surface area contributed by atoms with Gasteiger partial charge in [0.2, 0.25) is 0 Å². The van der Waals surface area contributed by atoms with Crippen molar-refractivity contribution in [1.29, 1.82) is 0 Å². The summed E-state index contributed by atoms with van der Waals surface area (Å²) >= 11 is 0. The van der Waals surface area contributed by atoms with Gasteiger partial charge in [0.15, 0.2) is 5.28 Å². The van der Waals surface area contributed by atoms with Crippen molar-refractivity contribution in [2.75, 3.05) is 31.8 Å². The van der Waals surface area contributed by atoms with E-state index in [-0.39, 0.29) is 25.4 Å². The number of anilines is 1. The highest BCUT2D eigenvalue weighted by atomic mass is 31.2. The molecule has 0 radical (unpaired) electrons. The molecule has 1 unspecified atom stereocenters. The summed E-state index contributed by atoms with van der Waals surface area (Å²) < 4.78 is 30.1. The SMILES string of the molecule is CCOC(=O)C1=Cc2ccccc2N(C)C1(C)P(=O)(OCC)OCC. The Balaban J connectivity index is 2.71. The molecule has 7 heteroatoms. The van der Waals surface area contributed by atoms with Crippen LogP contribution in [0, 0.1) is 0 Å². The van der Waals surface area contributed by atoms with Crippen molar-refractivity contribution >= 4 is 25.3 Å². The van der Waals surface area contributed by atoms with Crippen molar-refractivity contribution in [3.63, 3.8) is 0 Å². The summed E-state index contributed by atoms with van der Waals surface area (Å²) in [6.45, 7) is 7.58. The Morgan fingerprint density at radius 2 is 1.72 bits per heavy atom. The highest BCUT2D eigenvalue weighted by Crippen LogP contribution is 2.66. The fourth-order valence-corrected chi connectivity index (χ4v) is 5.23. The van der Waals surface area contributed by atoms with Crippen molar-refractivity contribution in [3.05, 3.63) is 35.4 Å². The molecule has 1 atom stereocenters. The molecular formula is C18H26NO5P. The molecule has 2 rings (SSSR count). The molecule has 0 aliphatic carbocycles. The number of nitrogens with zero attached hydrogens (tertiary/aromatic N) is 1. The topological polar surface area (TPSA) is 65.1 Å². The van der Waals surface area contributed by atoms with Crippen LogP contribution in [0.1, 0.15) is 33.3 Å². The maximum absolute atomic E-state index is 13.7. The highest BCUT2D eigenvalue weighted by Gasteiger charge is 2.57. The van der Waals surface area contributed by atoms with Crippen molar-refractivity contribution in [2.45, 2.75) is 33.0 Å². The van der Waals surface area contributed by atoms with Crippen molar-refractivity contribution in [2.24, 2.45) is 0 Å². The molecule has 1 aliphatic rings. The van der Waals surface area contributed by atoms with Crippen molar-refractivity contribution in [3.8, 4) is 0 Å². The van der Waals surface area contributed by atoms with Crippen LogP contribution in [0.15, 0.2) is 29.8 Å². The molecule has 1 heterocycles. The van der Waals surface area contributed by atoms with Crippen molar-refractivity contribution < 1.29 is 23.1 Å². The van der Waals surface area contributed by atoms with Gasteiger partial charge in [-0.15, -0.1) is 0 Å². The normalized spacial score (nSPS) is 20.0. The summed E-state index contributed by atoms with van der Waals surface area (Å²) in [6.07, 6.45) is 1.72. The van der Waals surface area contributed by atoms with Gasteiger partial charge < -0.3 is 18.7 Å². The Morgan fingerprint density at radius 1 is 1.12 bits per heavy atom. The van der Waals surface area contributed by atoms with Crippen LogP contribution in [0.3, 0.4) is 0 Å². The van der Waals surface area contributed by atoms with Gasteiger partial charge in [-0.1, -0.05) is 18.2 Å². The number of carbonyl (C=O) groups excluding carboxylic acids is 1. The largest absolute Gasteiger partial charge is 0.463 e. The molecule has 1 aromatic rings. The minimum atomic E-state index is -3.70. The molecule has 0 saturated carbocycles. The van der Waals surface area contributed by atoms with Gasteiger partial charge in [-0.2, -0.15) is 0 Å². The molecule has 6 nitrogen and oxygen atoms in total. The van der Waals surface area contributed by atoms with E-state index in [0.717, 1.165) is 11.3 Å². The minimum Gasteiger partial charge on any atom is -0.463 e. The number of esters is 1. The third kappa shape index (κ3) is 3.26. The molecule has 25 heavy (non-hydrogen) atoms. The standard InChI is InChI=1S/C18H26NO5P/c1-6-22-17(20)15-13-14-11-9-10-12-16(14)19(5)18(15,4)25(21,23-7-2)24-8-3/h9-13H,6-8H2,1-5H3. The number of rotatable bonds is 7. The number of likely N-dealkylation sites (N-methyl/N-ethyl adjacent to an activating group) is 1. The first-order chi connectivity index (χ1) is 11.9. The number of fused-ring (bicyclic) bond motifs is 1. The van der Waals surface area contributed by atoms with E-state index in [4.69, 9.17) is 13.8 Å². The third-order valence-electron chi connectivity index (χ3n) is 4.39. The zero-order chi connectivity index (χ0) is 18.7. The molecule has 0 N–H and O–H groups in total. The molecule has 0 amide bonds. The molecular weight excluding hydrogens is 341 g/mol. The number of carbonyl (C=O) groups is 1. The molecule has 0 spiro atoms. The maximum Gasteiger partial charge on any atom is 0.360 e. The Hall–Kier alpha value is -1.62. The van der Waals surface area contributed by atoms with Gasteiger partial charge in [-0.05, 0) is 45.4 Å². The van der Waals surface area contributed by atoms with E-state index >= 15 is 0 Å². The number of benzene rings is 1. The second kappa shape index (κ2) is 7.73. The summed E-state index contributed by atoms with van der Waals surface area (Å²) in [7, 11) is -1.91. The molecule has 0 aromatic heterocycles. The lowest BCUT2D eigenvalue weighted by Gasteiger charge is -2.46. The average Bonchev–Trinajstić information content (AvgIpc) is 2.58. The van der Waals surface area contributed by atoms with E-state index in [1.54, 1.807) is 45.7 Å². The van der Waals surface area contributed by atoms with Crippen LogP contribution in [0.4, 0.5) is 5.69 Å². The summed E-state index contributed by atoms with van der Waals surface area (Å²) in [5.74, 6) is -0.522. The van der Waals surface area contributed by atoms with Crippen LogP contribution >= 0.6 is 7.60 Å². The fraction of sp³-hybridized carbons (Fsp3) is 0.500. The summed E-state index contributed by atoms with van der Waals surface area (Å²) in [5, 5.41) is -1.29. The summed E-state index contributed by atoms with van der Waals surface area (Å²) in [6, 6.07) is 7.59. The van der Waals surface area contributed by atoms with Gasteiger partial charge in [0.25, 0.3) is 0 Å². The van der Waals surface area contributed by atoms with Gasteiger partial charge in [0.05, 0.1) is 25.4 Å². The first kappa shape index (κ1) is 19.7. The number of hydrogen-bond acceptors (Lipinski definition) is 6. The first-order valence-electron chi connectivity index (χ1n) is 8.47. The molecule has 0 bridgehead atoms. The summed E-state index contributed by atoms with van der Waals surface area (Å²) in [5.41, 5.74) is 1.96. The second-order valence-electron chi connectivity index (χ2n) is 5.75. The second-order valence-corrected chi connectivity index (χ2v) is 8.13. The van der Waals surface area contributed by atoms with Gasteiger partial charge in [-0.25, -0.2) is 4.79 Å². The molecule has 1 aliphatic heterocycles. The van der Waals surface area contributed by atoms with Crippen molar-refractivity contribution in [1.82, 2.24) is 0 Å². The van der Waals surface area contributed by atoms with Crippen LogP contribution in [0.2, 0.25) is 0 Å². The fourth-order valence-electron chi connectivity index (χ4n) is 3.04. The van der Waals surface area contributed by atoms with E-state index in [2.05, 4.69) is 0 Å². The van der Waals surface area contributed by atoms with E-state index in [0.29, 0.717) is 0 Å². The van der Waals surface area contributed by atoms with Gasteiger partial charge in [-0.3, -0.25) is 4.57 Å². The van der Waals surface area contributed by atoms with Gasteiger partial charge in [0.1, 0.15) is 0 Å². The van der Waals surface area contributed by atoms with Gasteiger partial charge in [0, 0.05) is 12.7 Å². The molecule has 138 valence electrons. The highest BCUT2D eigenvalue weighted by molar-refractivity contribution is 7.56. The minimum absolute atomic E-state index is 0.207. The quantitative estimate of drug-likeness (QED) is 0.535. The van der Waals surface area contributed by atoms with Crippen LogP contribution < -0.4 is 4.90 Å². The van der Waals surface area contributed by atoms with E-state index in [1.807, 2.05) is 24.3 Å². The Morgan fingerprint density at radius 3 is 2.28 bits per heavy atom. The molecule has 0 saturated heterocycles. The number of ether oxygens (including phenoxy) is 1. The predicted molar refractivity (Wildman–Crippen MR) is 98.7 cm³/mol. The monoisotopic (exact) mass is 367 g/mol. The third-order valence-corrected chi connectivity index (χ3v) is 7.19. The maximum atomic E-state index is 13.7. The lowest BCUT2D eigenvalue weighted by atomic mass is 9.96. The van der Waals surface area contributed by atoms with E-state index in [9.17, 15) is 9.36 Å². The molecule has 0 fully saturated rings. The average molecular weight is 367 g/mol. The molecule has 1 aromatic carbocycles. The first-order valence-corrected chi connectivity index (χ1v) is 10.0. The van der Waals surface area contributed by atoms with Crippen LogP contribution in [-0.2, 0) is 23.1 Å². The van der Waals surface area contributed by atoms with Crippen LogP contribution in [0.5, 0.6) is 0 Å². The van der Waals surface area contributed by atoms with Gasteiger partial charge >= 0.3 is 13.6 Å². The zero-order valence-electron chi connectivity index (χ0n) is 15.4. The Kier molecular flexibility index (Phi) is 6.09. The predicted octanol–water partition coefficient (Wildman–Crippen LogP) is 4.07.